The van der Waals surface area contributed by atoms with Gasteiger partial charge in [0.15, 0.2) is 0 Å². The highest BCUT2D eigenvalue weighted by Gasteiger charge is 2.34. The first-order valence-electron chi connectivity index (χ1n) is 7.17. The first kappa shape index (κ1) is 15.4. The fourth-order valence-corrected chi connectivity index (χ4v) is 3.25. The molecule has 1 fully saturated rings. The van der Waals surface area contributed by atoms with Gasteiger partial charge in [-0.3, -0.25) is 0 Å². The van der Waals surface area contributed by atoms with E-state index in [9.17, 15) is 4.79 Å². The zero-order valence-electron chi connectivity index (χ0n) is 12.3. The lowest BCUT2D eigenvalue weighted by molar-refractivity contribution is 0.0526. The zero-order chi connectivity index (χ0) is 14.8. The molecular formula is C16H22BrNO2. The second-order valence-corrected chi connectivity index (χ2v) is 6.85. The van der Waals surface area contributed by atoms with Crippen LogP contribution in [0.1, 0.15) is 50.4 Å². The van der Waals surface area contributed by atoms with Crippen LogP contribution in [0.3, 0.4) is 0 Å². The normalized spacial score (nSPS) is 20.7. The van der Waals surface area contributed by atoms with Crippen molar-refractivity contribution in [2.24, 2.45) is 5.41 Å². The molecule has 1 N–H and O–H groups in total. The van der Waals surface area contributed by atoms with Gasteiger partial charge in [-0.25, -0.2) is 4.79 Å². The number of hydrogen-bond donors (Lipinski definition) is 1. The Morgan fingerprint density at radius 2 is 2.25 bits per heavy atom. The van der Waals surface area contributed by atoms with Crippen molar-refractivity contribution in [3.8, 4) is 0 Å². The van der Waals surface area contributed by atoms with Gasteiger partial charge in [-0.15, -0.1) is 0 Å². The van der Waals surface area contributed by atoms with E-state index in [-0.39, 0.29) is 5.97 Å². The maximum Gasteiger partial charge on any atom is 0.338 e. The highest BCUT2D eigenvalue weighted by molar-refractivity contribution is 9.10. The van der Waals surface area contributed by atoms with Gasteiger partial charge in [0, 0.05) is 16.2 Å². The molecule has 0 radical (unpaired) electrons. The molecule has 1 unspecified atom stereocenters. The minimum Gasteiger partial charge on any atom is -0.462 e. The van der Waals surface area contributed by atoms with Gasteiger partial charge in [0.05, 0.1) is 12.2 Å². The second kappa shape index (κ2) is 6.17. The fraction of sp³-hybridized carbons (Fsp3) is 0.562. The summed E-state index contributed by atoms with van der Waals surface area (Å²) in [6.45, 7) is 6.81. The summed E-state index contributed by atoms with van der Waals surface area (Å²) in [4.78, 5) is 11.7. The highest BCUT2D eigenvalue weighted by Crippen LogP contribution is 2.40. The number of rotatable bonds is 4. The number of halogens is 1. The smallest absolute Gasteiger partial charge is 0.338 e. The molecule has 1 aromatic carbocycles. The standard InChI is InChI=1S/C16H22BrNO2/c1-4-20-15(19)11-7-8-13(12(17)10-11)18-14-6-5-9-16(14,2)3/h7-8,10,14,18H,4-6,9H2,1-3H3. The molecule has 0 amide bonds. The number of carbonyl (C=O) groups is 1. The summed E-state index contributed by atoms with van der Waals surface area (Å²) < 4.78 is 5.92. The maximum absolute atomic E-state index is 11.7. The Morgan fingerprint density at radius 3 is 2.80 bits per heavy atom. The van der Waals surface area contributed by atoms with Gasteiger partial charge in [-0.1, -0.05) is 20.3 Å². The average molecular weight is 340 g/mol. The van der Waals surface area contributed by atoms with E-state index in [0.29, 0.717) is 23.6 Å². The summed E-state index contributed by atoms with van der Waals surface area (Å²) in [5, 5.41) is 3.60. The molecule has 4 heteroatoms. The number of anilines is 1. The predicted molar refractivity (Wildman–Crippen MR) is 85.1 cm³/mol. The predicted octanol–water partition coefficient (Wildman–Crippen LogP) is 4.62. The molecule has 0 bridgehead atoms. The molecule has 3 nitrogen and oxygen atoms in total. The number of esters is 1. The van der Waals surface area contributed by atoms with E-state index < -0.39 is 0 Å². The topological polar surface area (TPSA) is 38.3 Å². The first-order valence-corrected chi connectivity index (χ1v) is 7.96. The van der Waals surface area contributed by atoms with Gasteiger partial charge in [-0.2, -0.15) is 0 Å². The Kier molecular flexibility index (Phi) is 4.74. The van der Waals surface area contributed by atoms with Gasteiger partial charge < -0.3 is 10.1 Å². The van der Waals surface area contributed by atoms with E-state index in [2.05, 4.69) is 35.1 Å². The molecule has 0 saturated heterocycles. The van der Waals surface area contributed by atoms with Crippen LogP contribution in [0.25, 0.3) is 0 Å². The van der Waals surface area contributed by atoms with E-state index in [1.165, 1.54) is 19.3 Å². The average Bonchev–Trinajstić information content (AvgIpc) is 2.71. The number of nitrogens with one attached hydrogen (secondary N) is 1. The Labute approximate surface area is 129 Å². The van der Waals surface area contributed by atoms with Crippen LogP contribution in [0.15, 0.2) is 22.7 Å². The van der Waals surface area contributed by atoms with Crippen LogP contribution in [0.5, 0.6) is 0 Å². The lowest BCUT2D eigenvalue weighted by Crippen LogP contribution is -2.30. The van der Waals surface area contributed by atoms with Crippen LogP contribution in [0.2, 0.25) is 0 Å². The highest BCUT2D eigenvalue weighted by atomic mass is 79.9. The van der Waals surface area contributed by atoms with Crippen molar-refractivity contribution >= 4 is 27.6 Å². The van der Waals surface area contributed by atoms with Gasteiger partial charge in [0.25, 0.3) is 0 Å². The zero-order valence-corrected chi connectivity index (χ0v) is 13.9. The summed E-state index contributed by atoms with van der Waals surface area (Å²) in [6.07, 6.45) is 3.71. The molecule has 1 aliphatic carbocycles. The van der Waals surface area contributed by atoms with Crippen molar-refractivity contribution in [1.29, 1.82) is 0 Å². The summed E-state index contributed by atoms with van der Waals surface area (Å²) in [5.74, 6) is -0.277. The Hall–Kier alpha value is -1.03. The monoisotopic (exact) mass is 339 g/mol. The molecule has 110 valence electrons. The van der Waals surface area contributed by atoms with Crippen molar-refractivity contribution in [3.63, 3.8) is 0 Å². The maximum atomic E-state index is 11.7. The van der Waals surface area contributed by atoms with Crippen molar-refractivity contribution in [2.45, 2.75) is 46.1 Å². The van der Waals surface area contributed by atoms with Crippen LogP contribution in [0.4, 0.5) is 5.69 Å². The third-order valence-corrected chi connectivity index (χ3v) is 4.72. The fourth-order valence-electron chi connectivity index (χ4n) is 2.76. The molecule has 1 atom stereocenters. The second-order valence-electron chi connectivity index (χ2n) is 5.99. The molecule has 0 spiro atoms. The van der Waals surface area contributed by atoms with Crippen LogP contribution < -0.4 is 5.32 Å². The van der Waals surface area contributed by atoms with Gasteiger partial charge in [0.1, 0.15) is 0 Å². The number of benzene rings is 1. The van der Waals surface area contributed by atoms with Gasteiger partial charge in [-0.05, 0) is 59.3 Å². The van der Waals surface area contributed by atoms with Crippen molar-refractivity contribution in [2.75, 3.05) is 11.9 Å². The van der Waals surface area contributed by atoms with E-state index in [1.54, 1.807) is 0 Å². The number of hydrogen-bond acceptors (Lipinski definition) is 3. The van der Waals surface area contributed by atoms with Gasteiger partial charge >= 0.3 is 5.97 Å². The van der Waals surface area contributed by atoms with Crippen molar-refractivity contribution in [3.05, 3.63) is 28.2 Å². The number of carbonyl (C=O) groups excluding carboxylic acids is 1. The van der Waals surface area contributed by atoms with E-state index >= 15 is 0 Å². The lowest BCUT2D eigenvalue weighted by Gasteiger charge is -2.29. The van der Waals surface area contributed by atoms with E-state index in [4.69, 9.17) is 4.74 Å². The molecule has 0 aliphatic heterocycles. The van der Waals surface area contributed by atoms with Crippen molar-refractivity contribution < 1.29 is 9.53 Å². The molecule has 20 heavy (non-hydrogen) atoms. The number of ether oxygens (including phenoxy) is 1. The third kappa shape index (κ3) is 3.35. The Balaban J connectivity index is 2.12. The molecule has 0 heterocycles. The van der Waals surface area contributed by atoms with Crippen LogP contribution >= 0.6 is 15.9 Å². The Bertz CT molecular complexity index is 499. The van der Waals surface area contributed by atoms with Crippen molar-refractivity contribution in [1.82, 2.24) is 0 Å². The lowest BCUT2D eigenvalue weighted by atomic mass is 9.87. The largest absolute Gasteiger partial charge is 0.462 e. The van der Waals surface area contributed by atoms with E-state index in [1.807, 2.05) is 25.1 Å². The first-order chi connectivity index (χ1) is 9.44. The van der Waals surface area contributed by atoms with Crippen LogP contribution in [-0.4, -0.2) is 18.6 Å². The molecule has 1 aromatic rings. The Morgan fingerprint density at radius 1 is 1.50 bits per heavy atom. The third-order valence-electron chi connectivity index (χ3n) is 4.07. The summed E-state index contributed by atoms with van der Waals surface area (Å²) >= 11 is 3.54. The minimum atomic E-state index is -0.277. The van der Waals surface area contributed by atoms with Crippen LogP contribution in [-0.2, 0) is 4.74 Å². The molecule has 1 saturated carbocycles. The quantitative estimate of drug-likeness (QED) is 0.813. The van der Waals surface area contributed by atoms with Gasteiger partial charge in [0.2, 0.25) is 0 Å². The summed E-state index contributed by atoms with van der Waals surface area (Å²) in [7, 11) is 0. The summed E-state index contributed by atoms with van der Waals surface area (Å²) in [5.41, 5.74) is 1.94. The molecule has 2 rings (SSSR count). The summed E-state index contributed by atoms with van der Waals surface area (Å²) in [6, 6.07) is 6.06. The molecular weight excluding hydrogens is 318 g/mol. The molecule has 1 aliphatic rings. The minimum absolute atomic E-state index is 0.277. The van der Waals surface area contributed by atoms with E-state index in [0.717, 1.165) is 10.2 Å². The SMILES string of the molecule is CCOC(=O)c1ccc(NC2CCCC2(C)C)c(Br)c1. The van der Waals surface area contributed by atoms with Crippen LogP contribution in [0, 0.1) is 5.41 Å². The molecule has 0 aromatic heterocycles.